The molecule has 3 nitrogen and oxygen atoms in total. The summed E-state index contributed by atoms with van der Waals surface area (Å²) in [5.41, 5.74) is 1.54. The molecule has 1 unspecified atom stereocenters. The topological polar surface area (TPSA) is 42.0 Å². The predicted molar refractivity (Wildman–Crippen MR) is 88.8 cm³/mol. The third kappa shape index (κ3) is 3.43. The Labute approximate surface area is 134 Å². The largest absolute Gasteiger partial charge is 0.322 e. The van der Waals surface area contributed by atoms with Gasteiger partial charge in [-0.05, 0) is 51.4 Å². The maximum Gasteiger partial charge on any atom is 0.258 e. The lowest BCUT2D eigenvalue weighted by molar-refractivity contribution is 0.0963. The van der Waals surface area contributed by atoms with Gasteiger partial charge in [0.25, 0.3) is 5.91 Å². The second-order valence-electron chi connectivity index (χ2n) is 6.67. The summed E-state index contributed by atoms with van der Waals surface area (Å²) in [4.78, 5) is 16.4. The van der Waals surface area contributed by atoms with Crippen molar-refractivity contribution in [2.45, 2.75) is 34.1 Å². The minimum Gasteiger partial charge on any atom is -0.322 e. The highest BCUT2D eigenvalue weighted by atomic mass is 79.9. The molecule has 0 aliphatic heterocycles. The van der Waals surface area contributed by atoms with Crippen LogP contribution in [0.15, 0.2) is 46.9 Å². The van der Waals surface area contributed by atoms with E-state index in [1.54, 1.807) is 18.3 Å². The first kappa shape index (κ1) is 16.0. The van der Waals surface area contributed by atoms with Gasteiger partial charge < -0.3 is 5.32 Å². The van der Waals surface area contributed by atoms with Crippen molar-refractivity contribution in [2.24, 2.45) is 10.8 Å². The first-order valence-electron chi connectivity index (χ1n) is 7.04. The number of hydrogen-bond acceptors (Lipinski definition) is 2. The third-order valence-corrected chi connectivity index (χ3v) is 4.92. The molecule has 1 aliphatic rings. The Morgan fingerprint density at radius 1 is 1.43 bits per heavy atom. The maximum atomic E-state index is 12.3. The fourth-order valence-electron chi connectivity index (χ4n) is 2.24. The van der Waals surface area contributed by atoms with Gasteiger partial charge in [0.2, 0.25) is 0 Å². The molecule has 1 aliphatic carbocycles. The van der Waals surface area contributed by atoms with Crippen LogP contribution in [0.3, 0.4) is 0 Å². The summed E-state index contributed by atoms with van der Waals surface area (Å²) in [6.45, 7) is 8.89. The minimum absolute atomic E-state index is 0.0243. The van der Waals surface area contributed by atoms with Crippen LogP contribution in [0.25, 0.3) is 0 Å². The van der Waals surface area contributed by atoms with Crippen LogP contribution in [0, 0.1) is 10.8 Å². The molecule has 1 amide bonds. The summed E-state index contributed by atoms with van der Waals surface area (Å²) in [5, 5.41) is 2.97. The van der Waals surface area contributed by atoms with E-state index in [0.29, 0.717) is 10.2 Å². The molecule has 0 fully saturated rings. The molecule has 1 aromatic rings. The summed E-state index contributed by atoms with van der Waals surface area (Å²) < 4.78 is 0.557. The summed E-state index contributed by atoms with van der Waals surface area (Å²) in [5.74, 6) is -0.149. The molecule has 0 saturated heterocycles. The van der Waals surface area contributed by atoms with Gasteiger partial charge >= 0.3 is 0 Å². The normalized spacial score (nSPS) is 21.9. The van der Waals surface area contributed by atoms with Crippen molar-refractivity contribution < 1.29 is 4.79 Å². The van der Waals surface area contributed by atoms with Crippen LogP contribution in [0.2, 0.25) is 0 Å². The van der Waals surface area contributed by atoms with Gasteiger partial charge in [-0.1, -0.05) is 39.8 Å². The first-order valence-corrected chi connectivity index (χ1v) is 7.83. The van der Waals surface area contributed by atoms with Crippen molar-refractivity contribution in [2.75, 3.05) is 0 Å². The average Bonchev–Trinajstić information content (AvgIpc) is 2.38. The second-order valence-corrected chi connectivity index (χ2v) is 7.42. The molecule has 1 heterocycles. The Bertz CT molecular complexity index is 613. The number of nitrogens with one attached hydrogen (secondary N) is 1. The minimum atomic E-state index is -0.149. The molecule has 0 saturated carbocycles. The SMILES string of the molecule is CC(C)(C)C1(C)C=C(NC(=O)c2cccnc2Br)C=CC1. The number of nitrogens with zero attached hydrogens (tertiary/aromatic N) is 1. The molecule has 0 radical (unpaired) electrons. The van der Waals surface area contributed by atoms with Gasteiger partial charge in [-0.2, -0.15) is 0 Å². The number of allylic oxidation sites excluding steroid dienone is 3. The number of carbonyl (C=O) groups excluding carboxylic acids is 1. The molecular weight excluding hydrogens is 328 g/mol. The van der Waals surface area contributed by atoms with E-state index in [2.05, 4.69) is 66.1 Å². The smallest absolute Gasteiger partial charge is 0.258 e. The zero-order valence-corrected chi connectivity index (χ0v) is 14.5. The molecular formula is C17H21BrN2O. The Morgan fingerprint density at radius 3 is 2.76 bits per heavy atom. The standard InChI is InChI=1S/C17H21BrN2O/c1-16(2,3)17(4)9-5-7-12(11-17)20-15(21)13-8-6-10-19-14(13)18/h5-8,10-11H,9H2,1-4H3,(H,20,21). The van der Waals surface area contributed by atoms with E-state index >= 15 is 0 Å². The molecule has 1 N–H and O–H groups in total. The van der Waals surface area contributed by atoms with Crippen LogP contribution in [0.5, 0.6) is 0 Å². The average molecular weight is 349 g/mol. The van der Waals surface area contributed by atoms with Gasteiger partial charge in [0.1, 0.15) is 4.60 Å². The number of pyridine rings is 1. The lowest BCUT2D eigenvalue weighted by Crippen LogP contribution is -2.34. The van der Waals surface area contributed by atoms with E-state index in [1.807, 2.05) is 6.08 Å². The second kappa shape index (κ2) is 5.76. The van der Waals surface area contributed by atoms with Crippen LogP contribution in [0.1, 0.15) is 44.5 Å². The van der Waals surface area contributed by atoms with E-state index in [4.69, 9.17) is 0 Å². The third-order valence-electron chi connectivity index (χ3n) is 4.29. The van der Waals surface area contributed by atoms with Crippen molar-refractivity contribution in [3.8, 4) is 0 Å². The lowest BCUT2D eigenvalue weighted by atomic mass is 9.64. The Morgan fingerprint density at radius 2 is 2.14 bits per heavy atom. The van der Waals surface area contributed by atoms with E-state index in [0.717, 1.165) is 12.1 Å². The van der Waals surface area contributed by atoms with Crippen molar-refractivity contribution in [1.29, 1.82) is 0 Å². The number of hydrogen-bond donors (Lipinski definition) is 1. The zero-order chi connectivity index (χ0) is 15.7. The number of amides is 1. The van der Waals surface area contributed by atoms with Crippen molar-refractivity contribution >= 4 is 21.8 Å². The highest BCUT2D eigenvalue weighted by molar-refractivity contribution is 9.10. The number of carbonyl (C=O) groups is 1. The molecule has 4 heteroatoms. The molecule has 2 rings (SSSR count). The molecule has 1 atom stereocenters. The Kier molecular flexibility index (Phi) is 4.38. The van der Waals surface area contributed by atoms with Crippen LogP contribution in [-0.4, -0.2) is 10.9 Å². The number of halogens is 1. The van der Waals surface area contributed by atoms with Gasteiger partial charge in [0.05, 0.1) is 5.56 Å². The molecule has 0 spiro atoms. The van der Waals surface area contributed by atoms with E-state index in [1.165, 1.54) is 0 Å². The van der Waals surface area contributed by atoms with Crippen LogP contribution in [-0.2, 0) is 0 Å². The molecule has 112 valence electrons. The van der Waals surface area contributed by atoms with Gasteiger partial charge in [-0.25, -0.2) is 4.98 Å². The van der Waals surface area contributed by atoms with Gasteiger partial charge in [0.15, 0.2) is 0 Å². The fraction of sp³-hybridized carbons (Fsp3) is 0.412. The van der Waals surface area contributed by atoms with Crippen molar-refractivity contribution in [3.05, 3.63) is 52.4 Å². The monoisotopic (exact) mass is 348 g/mol. The van der Waals surface area contributed by atoms with Gasteiger partial charge in [0, 0.05) is 11.9 Å². The number of aromatic nitrogens is 1. The van der Waals surface area contributed by atoms with E-state index in [-0.39, 0.29) is 16.7 Å². The highest BCUT2D eigenvalue weighted by Crippen LogP contribution is 2.45. The summed E-state index contributed by atoms with van der Waals surface area (Å²) >= 11 is 3.31. The van der Waals surface area contributed by atoms with E-state index < -0.39 is 0 Å². The van der Waals surface area contributed by atoms with Crippen LogP contribution < -0.4 is 5.32 Å². The molecule has 0 bridgehead atoms. The summed E-state index contributed by atoms with van der Waals surface area (Å²) in [6.07, 6.45) is 8.88. The van der Waals surface area contributed by atoms with Crippen molar-refractivity contribution in [3.63, 3.8) is 0 Å². The van der Waals surface area contributed by atoms with Crippen LogP contribution in [0.4, 0.5) is 0 Å². The molecule has 0 aromatic carbocycles. The fourth-order valence-corrected chi connectivity index (χ4v) is 2.67. The quantitative estimate of drug-likeness (QED) is 0.801. The Hall–Kier alpha value is -1.42. The molecule has 21 heavy (non-hydrogen) atoms. The maximum absolute atomic E-state index is 12.3. The van der Waals surface area contributed by atoms with E-state index in [9.17, 15) is 4.79 Å². The summed E-state index contributed by atoms with van der Waals surface area (Å²) in [7, 11) is 0. The van der Waals surface area contributed by atoms with Gasteiger partial charge in [-0.15, -0.1) is 0 Å². The zero-order valence-electron chi connectivity index (χ0n) is 12.9. The number of rotatable bonds is 2. The van der Waals surface area contributed by atoms with Crippen molar-refractivity contribution in [1.82, 2.24) is 10.3 Å². The highest BCUT2D eigenvalue weighted by Gasteiger charge is 2.36. The van der Waals surface area contributed by atoms with Crippen LogP contribution >= 0.6 is 15.9 Å². The Balaban J connectivity index is 2.22. The first-order chi connectivity index (χ1) is 9.73. The van der Waals surface area contributed by atoms with Gasteiger partial charge in [-0.3, -0.25) is 4.79 Å². The summed E-state index contributed by atoms with van der Waals surface area (Å²) in [6, 6.07) is 3.51. The lowest BCUT2D eigenvalue weighted by Gasteiger charge is -2.41. The predicted octanol–water partition coefficient (Wildman–Crippen LogP) is 4.47. The molecule has 1 aromatic heterocycles.